The number of aliphatic carboxylic acids is 1. The minimum atomic E-state index is -0.944. The molecule has 0 aliphatic carbocycles. The van der Waals surface area contributed by atoms with Crippen LogP contribution in [-0.4, -0.2) is 60.0 Å². The van der Waals surface area contributed by atoms with E-state index in [0.29, 0.717) is 6.54 Å². The fourth-order valence-corrected chi connectivity index (χ4v) is 1.92. The van der Waals surface area contributed by atoms with Gasteiger partial charge in [-0.25, -0.2) is 4.79 Å². The zero-order chi connectivity index (χ0) is 17.2. The van der Waals surface area contributed by atoms with E-state index in [1.165, 1.54) is 9.80 Å². The molecule has 0 radical (unpaired) electrons. The number of carbonyl (C=O) groups excluding carboxylic acids is 2. The van der Waals surface area contributed by atoms with E-state index >= 15 is 0 Å². The molecule has 0 aliphatic heterocycles. The van der Waals surface area contributed by atoms with Crippen molar-refractivity contribution in [2.45, 2.75) is 19.4 Å². The number of benzene rings is 1. The number of hydrogen-bond acceptors (Lipinski definition) is 3. The molecule has 1 rings (SSSR count). The van der Waals surface area contributed by atoms with Gasteiger partial charge >= 0.3 is 12.0 Å². The van der Waals surface area contributed by atoms with E-state index in [0.717, 1.165) is 5.56 Å². The van der Waals surface area contributed by atoms with E-state index in [4.69, 9.17) is 5.11 Å². The van der Waals surface area contributed by atoms with Gasteiger partial charge in [0.1, 0.15) is 0 Å². The van der Waals surface area contributed by atoms with Gasteiger partial charge in [-0.05, 0) is 5.56 Å². The highest BCUT2D eigenvalue weighted by molar-refractivity contribution is 5.78. The Morgan fingerprint density at radius 1 is 1.04 bits per heavy atom. The molecule has 0 saturated carbocycles. The van der Waals surface area contributed by atoms with Crippen LogP contribution in [0, 0.1) is 0 Å². The average molecular weight is 321 g/mol. The first kappa shape index (κ1) is 18.5. The Labute approximate surface area is 135 Å². The first-order valence-electron chi connectivity index (χ1n) is 7.38. The molecule has 0 aromatic heterocycles. The quantitative estimate of drug-likeness (QED) is 0.751. The molecule has 0 saturated heterocycles. The van der Waals surface area contributed by atoms with E-state index in [2.05, 4.69) is 5.32 Å². The van der Waals surface area contributed by atoms with Crippen molar-refractivity contribution >= 4 is 17.9 Å². The van der Waals surface area contributed by atoms with Crippen molar-refractivity contribution in [1.82, 2.24) is 15.1 Å². The van der Waals surface area contributed by atoms with Gasteiger partial charge in [0.2, 0.25) is 5.91 Å². The van der Waals surface area contributed by atoms with Crippen LogP contribution in [0.25, 0.3) is 0 Å². The van der Waals surface area contributed by atoms with Crippen LogP contribution >= 0.6 is 0 Å². The van der Waals surface area contributed by atoms with Crippen LogP contribution in [0.1, 0.15) is 18.4 Å². The van der Waals surface area contributed by atoms with Crippen LogP contribution in [0.3, 0.4) is 0 Å². The predicted octanol–water partition coefficient (Wildman–Crippen LogP) is 1.15. The number of nitrogens with one attached hydrogen (secondary N) is 1. The van der Waals surface area contributed by atoms with Crippen molar-refractivity contribution in [1.29, 1.82) is 0 Å². The molecule has 0 bridgehead atoms. The second-order valence-electron chi connectivity index (χ2n) is 5.28. The van der Waals surface area contributed by atoms with E-state index in [9.17, 15) is 14.4 Å². The largest absolute Gasteiger partial charge is 0.481 e. The lowest BCUT2D eigenvalue weighted by molar-refractivity contribution is -0.138. The Kier molecular flexibility index (Phi) is 7.59. The Balaban J connectivity index is 2.27. The van der Waals surface area contributed by atoms with Crippen molar-refractivity contribution in [2.75, 3.05) is 27.2 Å². The summed E-state index contributed by atoms with van der Waals surface area (Å²) in [6.45, 7) is 0.864. The van der Waals surface area contributed by atoms with Crippen molar-refractivity contribution in [3.63, 3.8) is 0 Å². The topological polar surface area (TPSA) is 90.0 Å². The van der Waals surface area contributed by atoms with E-state index in [1.807, 2.05) is 30.3 Å². The molecule has 0 heterocycles. The second kappa shape index (κ2) is 9.45. The molecule has 126 valence electrons. The van der Waals surface area contributed by atoms with Gasteiger partial charge in [0.05, 0.1) is 6.42 Å². The molecule has 0 spiro atoms. The fraction of sp³-hybridized carbons (Fsp3) is 0.438. The number of carboxylic acid groups (broad SMARTS) is 1. The van der Waals surface area contributed by atoms with Crippen LogP contribution in [0.2, 0.25) is 0 Å². The lowest BCUT2D eigenvalue weighted by atomic mass is 10.2. The summed E-state index contributed by atoms with van der Waals surface area (Å²) < 4.78 is 0. The molecule has 23 heavy (non-hydrogen) atoms. The molecule has 0 unspecified atom stereocenters. The summed E-state index contributed by atoms with van der Waals surface area (Å²) in [7, 11) is 3.23. The average Bonchev–Trinajstić information content (AvgIpc) is 2.53. The molecular formula is C16H23N3O4. The number of carbonyl (C=O) groups is 3. The SMILES string of the molecule is CN(CCC(=O)O)C(=O)CCNC(=O)N(C)Cc1ccccc1. The number of carboxylic acids is 1. The molecular weight excluding hydrogens is 298 g/mol. The van der Waals surface area contributed by atoms with Crippen LogP contribution in [0.15, 0.2) is 30.3 Å². The van der Waals surface area contributed by atoms with Gasteiger partial charge < -0.3 is 20.2 Å². The minimum Gasteiger partial charge on any atom is -0.481 e. The third-order valence-corrected chi connectivity index (χ3v) is 3.31. The summed E-state index contributed by atoms with van der Waals surface area (Å²) in [5, 5.41) is 11.3. The molecule has 0 fully saturated rings. The normalized spacial score (nSPS) is 10.0. The maximum absolute atomic E-state index is 11.9. The Bertz CT molecular complexity index is 533. The van der Waals surface area contributed by atoms with Gasteiger partial charge in [0.15, 0.2) is 0 Å². The molecule has 0 aliphatic rings. The highest BCUT2D eigenvalue weighted by Gasteiger charge is 2.12. The lowest BCUT2D eigenvalue weighted by Gasteiger charge is -2.19. The molecule has 7 heteroatoms. The van der Waals surface area contributed by atoms with Gasteiger partial charge in [-0.2, -0.15) is 0 Å². The van der Waals surface area contributed by atoms with E-state index in [1.54, 1.807) is 14.1 Å². The van der Waals surface area contributed by atoms with Crippen LogP contribution in [0.5, 0.6) is 0 Å². The first-order valence-corrected chi connectivity index (χ1v) is 7.38. The molecule has 1 aromatic carbocycles. The monoisotopic (exact) mass is 321 g/mol. The number of rotatable bonds is 8. The van der Waals surface area contributed by atoms with Gasteiger partial charge in [-0.3, -0.25) is 9.59 Å². The smallest absolute Gasteiger partial charge is 0.317 e. The van der Waals surface area contributed by atoms with Gasteiger partial charge in [0.25, 0.3) is 0 Å². The van der Waals surface area contributed by atoms with E-state index in [-0.39, 0.29) is 37.9 Å². The van der Waals surface area contributed by atoms with Crippen molar-refractivity contribution in [2.24, 2.45) is 0 Å². The molecule has 3 amide bonds. The first-order chi connectivity index (χ1) is 10.9. The third kappa shape index (κ3) is 7.30. The van der Waals surface area contributed by atoms with Crippen molar-refractivity contribution < 1.29 is 19.5 Å². The molecule has 2 N–H and O–H groups in total. The van der Waals surface area contributed by atoms with Gasteiger partial charge in [-0.15, -0.1) is 0 Å². The third-order valence-electron chi connectivity index (χ3n) is 3.31. The standard InChI is InChI=1S/C16H23N3O4/c1-18(11-9-15(21)22)14(20)8-10-17-16(23)19(2)12-13-6-4-3-5-7-13/h3-7H,8-12H2,1-2H3,(H,17,23)(H,21,22). The maximum atomic E-state index is 11.9. The number of amides is 3. The molecule has 0 atom stereocenters. The summed E-state index contributed by atoms with van der Waals surface area (Å²) in [4.78, 5) is 37.0. The highest BCUT2D eigenvalue weighted by Crippen LogP contribution is 2.02. The predicted molar refractivity (Wildman–Crippen MR) is 85.8 cm³/mol. The zero-order valence-corrected chi connectivity index (χ0v) is 13.5. The summed E-state index contributed by atoms with van der Waals surface area (Å²) in [6.07, 6.45) is 0.0510. The fourth-order valence-electron chi connectivity index (χ4n) is 1.92. The van der Waals surface area contributed by atoms with Crippen molar-refractivity contribution in [3.05, 3.63) is 35.9 Å². The van der Waals surface area contributed by atoms with Crippen LogP contribution in [-0.2, 0) is 16.1 Å². The number of nitrogens with zero attached hydrogens (tertiary/aromatic N) is 2. The van der Waals surface area contributed by atoms with Crippen LogP contribution in [0.4, 0.5) is 4.79 Å². The van der Waals surface area contributed by atoms with Gasteiger partial charge in [0, 0.05) is 40.2 Å². The van der Waals surface area contributed by atoms with Crippen molar-refractivity contribution in [3.8, 4) is 0 Å². The molecule has 7 nitrogen and oxygen atoms in total. The summed E-state index contributed by atoms with van der Waals surface area (Å²) >= 11 is 0. The second-order valence-corrected chi connectivity index (χ2v) is 5.28. The van der Waals surface area contributed by atoms with Gasteiger partial charge in [-0.1, -0.05) is 30.3 Å². The Hall–Kier alpha value is -2.57. The minimum absolute atomic E-state index is 0.0889. The van der Waals surface area contributed by atoms with E-state index < -0.39 is 5.97 Å². The number of hydrogen-bond donors (Lipinski definition) is 2. The maximum Gasteiger partial charge on any atom is 0.317 e. The lowest BCUT2D eigenvalue weighted by Crippen LogP contribution is -2.39. The Morgan fingerprint density at radius 2 is 1.70 bits per heavy atom. The highest BCUT2D eigenvalue weighted by atomic mass is 16.4. The van der Waals surface area contributed by atoms with Crippen LogP contribution < -0.4 is 5.32 Å². The Morgan fingerprint density at radius 3 is 2.30 bits per heavy atom. The molecule has 1 aromatic rings. The zero-order valence-electron chi connectivity index (χ0n) is 13.5. The summed E-state index contributed by atoms with van der Waals surface area (Å²) in [5.41, 5.74) is 1.02. The number of urea groups is 1. The summed E-state index contributed by atoms with van der Waals surface area (Å²) in [5.74, 6) is -1.14. The summed E-state index contributed by atoms with van der Waals surface area (Å²) in [6, 6.07) is 9.35.